The molecule has 0 heterocycles. The summed E-state index contributed by atoms with van der Waals surface area (Å²) in [5.74, 6) is 0.130. The van der Waals surface area contributed by atoms with Crippen molar-refractivity contribution in [3.8, 4) is 5.75 Å². The molecule has 0 aliphatic rings. The summed E-state index contributed by atoms with van der Waals surface area (Å²) in [5.41, 5.74) is 4.26. The molecule has 7 nitrogen and oxygen atoms in total. The largest absolute Gasteiger partial charge is 0.488 e. The van der Waals surface area contributed by atoms with E-state index < -0.39 is 4.92 Å². The van der Waals surface area contributed by atoms with Crippen molar-refractivity contribution in [3.63, 3.8) is 0 Å². The molecular formula is C21H15BrClN3O4. The zero-order chi connectivity index (χ0) is 21.5. The Morgan fingerprint density at radius 1 is 1.17 bits per heavy atom. The standard InChI is InChI=1S/C21H15BrClN3O4/c22-19-4-2-1-3-18(19)21(27)25-24-12-15-11-16(23)7-10-20(15)30-13-14-5-8-17(9-6-14)26(28)29/h1-12H,13H2,(H,25,27)/b24-12+. The van der Waals surface area contributed by atoms with Crippen LogP contribution >= 0.6 is 27.5 Å². The molecular weight excluding hydrogens is 474 g/mol. The van der Waals surface area contributed by atoms with Gasteiger partial charge in [0.2, 0.25) is 0 Å². The fourth-order valence-corrected chi connectivity index (χ4v) is 3.14. The van der Waals surface area contributed by atoms with Gasteiger partial charge in [0.25, 0.3) is 11.6 Å². The Kier molecular flexibility index (Phi) is 7.16. The third-order valence-electron chi connectivity index (χ3n) is 4.00. The summed E-state index contributed by atoms with van der Waals surface area (Å²) in [4.78, 5) is 22.5. The second-order valence-corrected chi connectivity index (χ2v) is 7.36. The van der Waals surface area contributed by atoms with E-state index in [9.17, 15) is 14.9 Å². The first kappa shape index (κ1) is 21.5. The molecule has 0 unspecified atom stereocenters. The Balaban J connectivity index is 1.68. The zero-order valence-corrected chi connectivity index (χ0v) is 17.8. The number of benzene rings is 3. The van der Waals surface area contributed by atoms with Crippen LogP contribution in [0.15, 0.2) is 76.3 Å². The Morgan fingerprint density at radius 2 is 1.90 bits per heavy atom. The number of carbonyl (C=O) groups is 1. The molecule has 0 fully saturated rings. The minimum absolute atomic E-state index is 0.0128. The van der Waals surface area contributed by atoms with Crippen molar-refractivity contribution in [1.29, 1.82) is 0 Å². The maximum atomic E-state index is 12.2. The van der Waals surface area contributed by atoms with Crippen molar-refractivity contribution in [2.75, 3.05) is 0 Å². The number of amides is 1. The van der Waals surface area contributed by atoms with Crippen LogP contribution in [0, 0.1) is 10.1 Å². The van der Waals surface area contributed by atoms with Gasteiger partial charge in [0.15, 0.2) is 0 Å². The number of hydrogen-bond acceptors (Lipinski definition) is 5. The van der Waals surface area contributed by atoms with Gasteiger partial charge in [-0.3, -0.25) is 14.9 Å². The highest BCUT2D eigenvalue weighted by Gasteiger charge is 2.09. The molecule has 0 radical (unpaired) electrons. The second-order valence-electron chi connectivity index (χ2n) is 6.07. The smallest absolute Gasteiger partial charge is 0.272 e. The first-order valence-corrected chi connectivity index (χ1v) is 9.85. The molecule has 0 aliphatic carbocycles. The van der Waals surface area contributed by atoms with Gasteiger partial charge in [-0.05, 0) is 64.0 Å². The Labute approximate surface area is 185 Å². The fourth-order valence-electron chi connectivity index (χ4n) is 2.49. The van der Waals surface area contributed by atoms with Gasteiger partial charge in [-0.1, -0.05) is 23.7 Å². The molecule has 152 valence electrons. The normalized spacial score (nSPS) is 10.7. The van der Waals surface area contributed by atoms with Crippen LogP contribution in [-0.4, -0.2) is 17.0 Å². The monoisotopic (exact) mass is 487 g/mol. The molecule has 0 atom stereocenters. The Hall–Kier alpha value is -3.23. The highest BCUT2D eigenvalue weighted by molar-refractivity contribution is 9.10. The second kappa shape index (κ2) is 10.00. The lowest BCUT2D eigenvalue weighted by Crippen LogP contribution is -2.18. The van der Waals surface area contributed by atoms with E-state index >= 15 is 0 Å². The summed E-state index contributed by atoms with van der Waals surface area (Å²) < 4.78 is 6.46. The van der Waals surface area contributed by atoms with Crippen LogP contribution in [0.3, 0.4) is 0 Å². The SMILES string of the molecule is O=C(N/N=C/c1cc(Cl)ccc1OCc1ccc([N+](=O)[O-])cc1)c1ccccc1Br. The number of halogens is 2. The number of hydrogen-bond donors (Lipinski definition) is 1. The quantitative estimate of drug-likeness (QED) is 0.275. The van der Waals surface area contributed by atoms with Crippen LogP contribution in [0.1, 0.15) is 21.5 Å². The molecule has 0 saturated carbocycles. The molecule has 0 spiro atoms. The Morgan fingerprint density at radius 3 is 2.60 bits per heavy atom. The number of hydrazone groups is 1. The summed E-state index contributed by atoms with van der Waals surface area (Å²) in [5, 5.41) is 15.2. The lowest BCUT2D eigenvalue weighted by atomic mass is 10.2. The summed E-state index contributed by atoms with van der Waals surface area (Å²) in [6, 6.07) is 18.1. The molecule has 0 aliphatic heterocycles. The van der Waals surface area contributed by atoms with Crippen molar-refractivity contribution >= 4 is 45.3 Å². The third-order valence-corrected chi connectivity index (χ3v) is 4.93. The minimum atomic E-state index is -0.458. The third kappa shape index (κ3) is 5.65. The van der Waals surface area contributed by atoms with E-state index in [1.807, 2.05) is 6.07 Å². The molecule has 0 aromatic heterocycles. The van der Waals surface area contributed by atoms with E-state index in [1.54, 1.807) is 48.5 Å². The first-order valence-electron chi connectivity index (χ1n) is 8.67. The van der Waals surface area contributed by atoms with Crippen molar-refractivity contribution in [2.45, 2.75) is 6.61 Å². The van der Waals surface area contributed by atoms with Crippen LogP contribution < -0.4 is 10.2 Å². The maximum absolute atomic E-state index is 12.2. The number of rotatable bonds is 7. The lowest BCUT2D eigenvalue weighted by molar-refractivity contribution is -0.384. The Bertz CT molecular complexity index is 1100. The molecule has 3 aromatic carbocycles. The van der Waals surface area contributed by atoms with E-state index in [0.717, 1.165) is 5.56 Å². The molecule has 3 rings (SSSR count). The van der Waals surface area contributed by atoms with Crippen LogP contribution in [-0.2, 0) is 6.61 Å². The van der Waals surface area contributed by atoms with Gasteiger partial charge in [-0.15, -0.1) is 0 Å². The van der Waals surface area contributed by atoms with Crippen molar-refractivity contribution in [2.24, 2.45) is 5.10 Å². The summed E-state index contributed by atoms with van der Waals surface area (Å²) in [6.45, 7) is 0.198. The fraction of sp³-hybridized carbons (Fsp3) is 0.0476. The van der Waals surface area contributed by atoms with Crippen LogP contribution in [0.25, 0.3) is 0 Å². The highest BCUT2D eigenvalue weighted by Crippen LogP contribution is 2.23. The van der Waals surface area contributed by atoms with Gasteiger partial charge in [0, 0.05) is 27.2 Å². The van der Waals surface area contributed by atoms with Gasteiger partial charge in [-0.25, -0.2) is 5.43 Å². The molecule has 9 heteroatoms. The molecule has 1 amide bonds. The first-order chi connectivity index (χ1) is 14.4. The maximum Gasteiger partial charge on any atom is 0.272 e. The molecule has 0 saturated heterocycles. The summed E-state index contributed by atoms with van der Waals surface area (Å²) in [6.07, 6.45) is 1.44. The lowest BCUT2D eigenvalue weighted by Gasteiger charge is -2.10. The average Bonchev–Trinajstić information content (AvgIpc) is 2.73. The molecule has 30 heavy (non-hydrogen) atoms. The van der Waals surface area contributed by atoms with E-state index in [-0.39, 0.29) is 18.2 Å². The molecule has 1 N–H and O–H groups in total. The number of non-ortho nitro benzene ring substituents is 1. The van der Waals surface area contributed by atoms with Gasteiger partial charge < -0.3 is 4.74 Å². The van der Waals surface area contributed by atoms with Gasteiger partial charge in [0.1, 0.15) is 12.4 Å². The number of nitrogens with one attached hydrogen (secondary N) is 1. The van der Waals surface area contributed by atoms with Crippen molar-refractivity contribution in [1.82, 2.24) is 5.43 Å². The minimum Gasteiger partial charge on any atom is -0.488 e. The predicted octanol–water partition coefficient (Wildman–Crippen LogP) is 5.35. The van der Waals surface area contributed by atoms with Crippen LogP contribution in [0.4, 0.5) is 5.69 Å². The predicted molar refractivity (Wildman–Crippen MR) is 118 cm³/mol. The van der Waals surface area contributed by atoms with Crippen LogP contribution in [0.2, 0.25) is 5.02 Å². The number of nitrogens with zero attached hydrogens (tertiary/aromatic N) is 2. The van der Waals surface area contributed by atoms with E-state index in [2.05, 4.69) is 26.5 Å². The van der Waals surface area contributed by atoms with Gasteiger partial charge in [0.05, 0.1) is 16.7 Å². The number of carbonyl (C=O) groups excluding carboxylic acids is 1. The summed E-state index contributed by atoms with van der Waals surface area (Å²) in [7, 11) is 0. The number of ether oxygens (including phenoxy) is 1. The molecule has 3 aromatic rings. The van der Waals surface area contributed by atoms with Gasteiger partial charge >= 0.3 is 0 Å². The van der Waals surface area contributed by atoms with E-state index in [0.29, 0.717) is 26.4 Å². The van der Waals surface area contributed by atoms with Crippen molar-refractivity contribution in [3.05, 3.63) is 103 Å². The topological polar surface area (TPSA) is 93.8 Å². The highest BCUT2D eigenvalue weighted by atomic mass is 79.9. The summed E-state index contributed by atoms with van der Waals surface area (Å²) >= 11 is 9.39. The zero-order valence-electron chi connectivity index (χ0n) is 15.4. The average molecular weight is 489 g/mol. The number of nitro groups is 1. The van der Waals surface area contributed by atoms with Gasteiger partial charge in [-0.2, -0.15) is 5.10 Å². The molecule has 0 bridgehead atoms. The van der Waals surface area contributed by atoms with Crippen molar-refractivity contribution < 1.29 is 14.5 Å². The van der Waals surface area contributed by atoms with Crippen LogP contribution in [0.5, 0.6) is 5.75 Å². The van der Waals surface area contributed by atoms with E-state index in [4.69, 9.17) is 16.3 Å². The number of nitro benzene ring substituents is 1. The van der Waals surface area contributed by atoms with E-state index in [1.165, 1.54) is 18.3 Å².